The van der Waals surface area contributed by atoms with Gasteiger partial charge in [0, 0.05) is 24.9 Å². The van der Waals surface area contributed by atoms with Crippen LogP contribution in [0.15, 0.2) is 0 Å². The van der Waals surface area contributed by atoms with E-state index in [4.69, 9.17) is 12.0 Å². The number of hydrogen-bond donors (Lipinski definition) is 0. The number of quaternary nitrogens is 1. The van der Waals surface area contributed by atoms with E-state index in [2.05, 4.69) is 4.90 Å². The van der Waals surface area contributed by atoms with Crippen LogP contribution in [-0.2, 0) is 0 Å². The molecule has 2 aliphatic rings. The van der Waals surface area contributed by atoms with E-state index in [1.807, 2.05) is 7.05 Å². The van der Waals surface area contributed by atoms with Gasteiger partial charge in [0.2, 0.25) is 0 Å². The summed E-state index contributed by atoms with van der Waals surface area (Å²) in [4.78, 5) is 2.25. The van der Waals surface area contributed by atoms with Crippen LogP contribution in [0.4, 0.5) is 0 Å². The van der Waals surface area contributed by atoms with Gasteiger partial charge < -0.3 is 9.38 Å². The van der Waals surface area contributed by atoms with Crippen molar-refractivity contribution in [2.75, 3.05) is 46.6 Å². The summed E-state index contributed by atoms with van der Waals surface area (Å²) in [5.41, 5.74) is 0. The molecule has 2 fully saturated rings. The van der Waals surface area contributed by atoms with Crippen molar-refractivity contribution < 1.29 is 8.60 Å². The molecule has 0 aromatic rings. The highest BCUT2D eigenvalue weighted by molar-refractivity contribution is 6.08. The summed E-state index contributed by atoms with van der Waals surface area (Å²) in [5.74, 6) is 1.00. The van der Waals surface area contributed by atoms with Crippen molar-refractivity contribution in [3.63, 3.8) is 0 Å². The number of hydrogen-bond acceptors (Lipinski definition) is 1. The zero-order valence-corrected chi connectivity index (χ0v) is 8.37. The van der Waals surface area contributed by atoms with Crippen molar-refractivity contribution in [3.8, 4) is 0 Å². The summed E-state index contributed by atoms with van der Waals surface area (Å²) in [6.07, 6.45) is 1.78. The van der Waals surface area contributed by atoms with E-state index in [9.17, 15) is 0 Å². The van der Waals surface area contributed by atoms with Crippen molar-refractivity contribution in [1.82, 2.24) is 4.90 Å². The summed E-state index contributed by atoms with van der Waals surface area (Å²) in [5, 5.41) is 0. The van der Waals surface area contributed by atoms with E-state index in [0.717, 1.165) is 26.2 Å². The van der Waals surface area contributed by atoms with Crippen LogP contribution in [0.3, 0.4) is 0 Å². The molecule has 2 radical (unpaired) electrons. The third-order valence-corrected chi connectivity index (χ3v) is 3.28. The third kappa shape index (κ3) is 2.08. The average Bonchev–Trinajstić information content (AvgIpc) is 2.14. The molecule has 2 unspecified atom stereocenters. The molecular formula is C10H20BN2+. The second kappa shape index (κ2) is 3.28. The molecule has 72 valence electrons. The minimum absolute atomic E-state index is 0.237. The number of nitrogens with zero attached hydrogens (tertiary/aromatic N) is 2. The highest BCUT2D eigenvalue weighted by atomic mass is 15.3. The highest BCUT2D eigenvalue weighted by Crippen LogP contribution is 2.30. The predicted octanol–water partition coefficient (Wildman–Crippen LogP) is 0.141. The fraction of sp³-hybridized carbons (Fsp3) is 1.00. The maximum atomic E-state index is 7.66. The van der Waals surface area contributed by atoms with Gasteiger partial charge in [0.1, 0.15) is 0 Å². The standard InChI is InChI=1S/C10H20BN2/c1-13(2)6-9-3-10(7-13)5-12(4-9)8-11/h9-10H,3-8H2,1-2H3/q+1/i1T3. The predicted molar refractivity (Wildman–Crippen MR) is 55.6 cm³/mol. The molecule has 2 atom stereocenters. The number of rotatable bonds is 1. The average molecular weight is 185 g/mol. The molecule has 2 aliphatic heterocycles. The molecule has 0 N–H and O–H groups in total. The van der Waals surface area contributed by atoms with Gasteiger partial charge in [0.05, 0.1) is 39.1 Å². The topological polar surface area (TPSA) is 3.24 Å². The molecule has 13 heavy (non-hydrogen) atoms. The highest BCUT2D eigenvalue weighted by Gasteiger charge is 2.38. The summed E-state index contributed by atoms with van der Waals surface area (Å²) in [6, 6.07) is 0. The molecule has 0 aromatic carbocycles. The fourth-order valence-electron chi connectivity index (χ4n) is 3.05. The van der Waals surface area contributed by atoms with Crippen molar-refractivity contribution in [2.24, 2.45) is 11.8 Å². The van der Waals surface area contributed by atoms with Gasteiger partial charge >= 0.3 is 0 Å². The fourth-order valence-corrected chi connectivity index (χ4v) is 3.05. The Kier molecular flexibility index (Phi) is 1.63. The van der Waals surface area contributed by atoms with Crippen LogP contribution in [0.1, 0.15) is 10.5 Å². The smallest absolute Gasteiger partial charge is 0.0886 e. The second-order valence-electron chi connectivity index (χ2n) is 4.95. The quantitative estimate of drug-likeness (QED) is 0.415. The first-order valence-electron chi connectivity index (χ1n) is 6.61. The number of likely N-dealkylation sites (tertiary alicyclic amines) is 2. The third-order valence-electron chi connectivity index (χ3n) is 3.28. The minimum atomic E-state index is -1.87. The molecule has 2 nitrogen and oxygen atoms in total. The lowest BCUT2D eigenvalue weighted by Gasteiger charge is -2.48. The van der Waals surface area contributed by atoms with E-state index >= 15 is 0 Å². The van der Waals surface area contributed by atoms with E-state index < -0.39 is 6.98 Å². The summed E-state index contributed by atoms with van der Waals surface area (Å²) < 4.78 is 23.2. The van der Waals surface area contributed by atoms with Gasteiger partial charge in [0.15, 0.2) is 0 Å². The normalized spacial score (nSPS) is 50.7. The minimum Gasteiger partial charge on any atom is -0.328 e. The second-order valence-corrected chi connectivity index (χ2v) is 4.95. The van der Waals surface area contributed by atoms with Crippen LogP contribution in [0.5, 0.6) is 0 Å². The van der Waals surface area contributed by atoms with E-state index in [1.165, 1.54) is 6.42 Å². The van der Waals surface area contributed by atoms with Crippen molar-refractivity contribution in [1.29, 1.82) is 0 Å². The molecule has 0 amide bonds. The Hall–Kier alpha value is -0.0151. The Morgan fingerprint density at radius 1 is 1.46 bits per heavy atom. The van der Waals surface area contributed by atoms with Gasteiger partial charge in [-0.05, 0) is 12.9 Å². The first kappa shape index (κ1) is 6.47. The van der Waals surface area contributed by atoms with Gasteiger partial charge in [-0.2, -0.15) is 0 Å². The van der Waals surface area contributed by atoms with Crippen molar-refractivity contribution in [2.45, 2.75) is 6.42 Å². The Morgan fingerprint density at radius 3 is 2.54 bits per heavy atom. The lowest BCUT2D eigenvalue weighted by Crippen LogP contribution is -2.58. The molecule has 0 aliphatic carbocycles. The molecule has 3 heteroatoms. The van der Waals surface area contributed by atoms with E-state index in [1.54, 1.807) is 0 Å². The molecule has 2 rings (SSSR count). The monoisotopic (exact) mass is 185 g/mol. The van der Waals surface area contributed by atoms with Gasteiger partial charge in [-0.3, -0.25) is 0 Å². The SMILES string of the molecule is [3H]C([3H])([3H])[N+]1(C)CC2CC(CN(C[B])C2)C1. The first-order valence-corrected chi connectivity index (χ1v) is 5.11. The molecule has 2 heterocycles. The van der Waals surface area contributed by atoms with Crippen LogP contribution in [0.25, 0.3) is 0 Å². The van der Waals surface area contributed by atoms with Crippen LogP contribution in [0.2, 0.25) is 0 Å². The summed E-state index contributed by atoms with van der Waals surface area (Å²) in [6.45, 7) is 1.60. The van der Waals surface area contributed by atoms with Crippen LogP contribution < -0.4 is 0 Å². The summed E-state index contributed by atoms with van der Waals surface area (Å²) in [7, 11) is 7.55. The van der Waals surface area contributed by atoms with Crippen molar-refractivity contribution >= 4 is 7.85 Å². The maximum Gasteiger partial charge on any atom is 0.0886 e. The van der Waals surface area contributed by atoms with Gasteiger partial charge in [-0.1, -0.05) is 0 Å². The Balaban J connectivity index is 2.10. The Bertz CT molecular complexity index is 255. The first-order chi connectivity index (χ1) is 7.34. The van der Waals surface area contributed by atoms with Crippen molar-refractivity contribution in [3.05, 3.63) is 0 Å². The molecule has 2 saturated heterocycles. The summed E-state index contributed by atoms with van der Waals surface area (Å²) >= 11 is 0. The van der Waals surface area contributed by atoms with Gasteiger partial charge in [-0.15, -0.1) is 0 Å². The van der Waals surface area contributed by atoms with Crippen LogP contribution >= 0.6 is 0 Å². The Morgan fingerprint density at radius 2 is 2.08 bits per heavy atom. The van der Waals surface area contributed by atoms with Gasteiger partial charge in [-0.25, -0.2) is 0 Å². The Labute approximate surface area is 87.1 Å². The molecular weight excluding hydrogens is 159 g/mol. The van der Waals surface area contributed by atoms with Crippen LogP contribution in [0, 0.1) is 11.8 Å². The zero-order valence-electron chi connectivity index (χ0n) is 11.4. The molecule has 2 bridgehead atoms. The lowest BCUT2D eigenvalue weighted by molar-refractivity contribution is -0.903. The molecule has 0 spiro atoms. The largest absolute Gasteiger partial charge is 0.328 e. The number of piperidine rings is 2. The molecule has 0 aromatic heterocycles. The van der Waals surface area contributed by atoms with Crippen LogP contribution in [-0.4, -0.2) is 63.9 Å². The zero-order chi connectivity index (χ0) is 12.0. The van der Waals surface area contributed by atoms with E-state index in [0.29, 0.717) is 18.3 Å². The lowest BCUT2D eigenvalue weighted by atomic mass is 9.83. The van der Waals surface area contributed by atoms with E-state index in [-0.39, 0.29) is 4.48 Å². The maximum absolute atomic E-state index is 7.66. The van der Waals surface area contributed by atoms with Gasteiger partial charge in [0.25, 0.3) is 0 Å². The number of fused-ring (bicyclic) bond motifs is 2. The molecule has 0 saturated carbocycles.